The maximum Gasteiger partial charge on any atom is 0.219 e. The Morgan fingerprint density at radius 2 is 1.89 bits per heavy atom. The lowest BCUT2D eigenvalue weighted by molar-refractivity contribution is 0.319. The molecule has 0 atom stereocenters. The van der Waals surface area contributed by atoms with Crippen LogP contribution in [0.1, 0.15) is 44.6 Å². The molecule has 0 spiro atoms. The van der Waals surface area contributed by atoms with Crippen molar-refractivity contribution in [1.82, 2.24) is 10.3 Å². The molecule has 3 N–H and O–H groups in total. The maximum atomic E-state index is 6.01. The van der Waals surface area contributed by atoms with Crippen molar-refractivity contribution >= 4 is 29.9 Å². The van der Waals surface area contributed by atoms with Crippen LogP contribution in [0.3, 0.4) is 0 Å². The fourth-order valence-electron chi connectivity index (χ4n) is 3.16. The molecule has 1 aliphatic carbocycles. The Labute approximate surface area is 184 Å². The highest BCUT2D eigenvalue weighted by atomic mass is 127. The number of nitrogens with two attached hydrogens (primary N) is 1. The first-order chi connectivity index (χ1) is 13.2. The van der Waals surface area contributed by atoms with Crippen molar-refractivity contribution in [3.63, 3.8) is 0 Å². The number of nitrogens with one attached hydrogen (secondary N) is 1. The number of aromatic nitrogens is 1. The summed E-state index contributed by atoms with van der Waals surface area (Å²) in [6, 6.07) is 11.8. The lowest BCUT2D eigenvalue weighted by Crippen LogP contribution is -2.41. The third-order valence-electron chi connectivity index (χ3n) is 4.55. The normalized spacial score (nSPS) is 14.8. The monoisotopic (exact) mass is 496 g/mol. The summed E-state index contributed by atoms with van der Waals surface area (Å²) >= 11 is 0. The second-order valence-corrected chi connectivity index (χ2v) is 6.67. The molecule has 1 heterocycles. The van der Waals surface area contributed by atoms with Crippen molar-refractivity contribution in [3.8, 4) is 17.4 Å². The van der Waals surface area contributed by atoms with Crippen molar-refractivity contribution in [2.45, 2.75) is 51.6 Å². The molecule has 2 aromatic rings. The van der Waals surface area contributed by atoms with Crippen molar-refractivity contribution in [2.24, 2.45) is 10.7 Å². The number of ether oxygens (including phenoxy) is 2. The Balaban J connectivity index is 0.00000280. The molecular weight excluding hydrogens is 467 g/mol. The topological polar surface area (TPSA) is 81.8 Å². The average Bonchev–Trinajstić information content (AvgIpc) is 2.70. The molecule has 1 aromatic carbocycles. The van der Waals surface area contributed by atoms with E-state index in [1.165, 1.54) is 32.1 Å². The standard InChI is InChI=1S/C21H28N4O2.HI/c1-2-26-18-10-6-7-11-19(18)27-20-13-12-16(14-23-20)15-24-21(22)25-17-8-4-3-5-9-17;/h6-7,10-14,17H,2-5,8-9,15H2,1H3,(H3,22,24,25);1H. The Morgan fingerprint density at radius 1 is 1.14 bits per heavy atom. The molecule has 0 amide bonds. The number of pyridine rings is 1. The molecule has 1 aromatic heterocycles. The highest BCUT2D eigenvalue weighted by Crippen LogP contribution is 2.30. The average molecular weight is 496 g/mol. The molecule has 1 fully saturated rings. The highest BCUT2D eigenvalue weighted by molar-refractivity contribution is 14.0. The first kappa shape index (κ1) is 22.3. The predicted octanol–water partition coefficient (Wildman–Crippen LogP) is 4.63. The number of aliphatic imine (C=N–C) groups is 1. The molecule has 152 valence electrons. The van der Waals surface area contributed by atoms with Gasteiger partial charge in [-0.3, -0.25) is 0 Å². The van der Waals surface area contributed by atoms with Crippen molar-refractivity contribution in [1.29, 1.82) is 0 Å². The summed E-state index contributed by atoms with van der Waals surface area (Å²) < 4.78 is 11.4. The molecule has 0 saturated heterocycles. The minimum atomic E-state index is 0. The molecule has 0 radical (unpaired) electrons. The van der Waals surface area contributed by atoms with E-state index in [1.807, 2.05) is 43.3 Å². The van der Waals surface area contributed by atoms with Crippen LogP contribution in [0.2, 0.25) is 0 Å². The summed E-state index contributed by atoms with van der Waals surface area (Å²) in [5, 5.41) is 3.32. The molecule has 1 saturated carbocycles. The second-order valence-electron chi connectivity index (χ2n) is 6.67. The third kappa shape index (κ3) is 6.85. The van der Waals surface area contributed by atoms with Crippen LogP contribution < -0.4 is 20.5 Å². The Bertz CT molecular complexity index is 746. The van der Waals surface area contributed by atoms with E-state index in [9.17, 15) is 0 Å². The fourth-order valence-corrected chi connectivity index (χ4v) is 3.16. The van der Waals surface area contributed by atoms with E-state index in [0.29, 0.717) is 42.5 Å². The van der Waals surface area contributed by atoms with Crippen LogP contribution in [-0.4, -0.2) is 23.6 Å². The van der Waals surface area contributed by atoms with Crippen LogP contribution in [0.5, 0.6) is 17.4 Å². The number of guanidine groups is 1. The molecule has 28 heavy (non-hydrogen) atoms. The smallest absolute Gasteiger partial charge is 0.219 e. The zero-order valence-corrected chi connectivity index (χ0v) is 18.6. The summed E-state index contributed by atoms with van der Waals surface area (Å²) in [4.78, 5) is 8.78. The van der Waals surface area contributed by atoms with Gasteiger partial charge in [0, 0.05) is 18.3 Å². The Morgan fingerprint density at radius 3 is 2.57 bits per heavy atom. The van der Waals surface area contributed by atoms with Gasteiger partial charge in [0.2, 0.25) is 5.88 Å². The number of hydrogen-bond donors (Lipinski definition) is 2. The number of para-hydroxylation sites is 2. The van der Waals surface area contributed by atoms with Gasteiger partial charge in [-0.15, -0.1) is 24.0 Å². The Kier molecular flexibility index (Phi) is 9.33. The largest absolute Gasteiger partial charge is 0.490 e. The minimum absolute atomic E-state index is 0. The van der Waals surface area contributed by atoms with Gasteiger partial charge < -0.3 is 20.5 Å². The van der Waals surface area contributed by atoms with Gasteiger partial charge in [-0.25, -0.2) is 9.98 Å². The van der Waals surface area contributed by atoms with E-state index in [-0.39, 0.29) is 24.0 Å². The van der Waals surface area contributed by atoms with Gasteiger partial charge in [-0.2, -0.15) is 0 Å². The van der Waals surface area contributed by atoms with Gasteiger partial charge in [-0.05, 0) is 37.5 Å². The van der Waals surface area contributed by atoms with E-state index in [4.69, 9.17) is 15.2 Å². The number of nitrogens with zero attached hydrogens (tertiary/aromatic N) is 2. The van der Waals surface area contributed by atoms with E-state index in [2.05, 4.69) is 15.3 Å². The van der Waals surface area contributed by atoms with E-state index in [1.54, 1.807) is 6.20 Å². The Hall–Kier alpha value is -2.03. The molecule has 3 rings (SSSR count). The van der Waals surface area contributed by atoms with Gasteiger partial charge in [-0.1, -0.05) is 37.5 Å². The van der Waals surface area contributed by atoms with Crippen LogP contribution >= 0.6 is 24.0 Å². The minimum Gasteiger partial charge on any atom is -0.490 e. The first-order valence-corrected chi connectivity index (χ1v) is 9.65. The fraction of sp³-hybridized carbons (Fsp3) is 0.429. The van der Waals surface area contributed by atoms with Crippen molar-refractivity contribution in [2.75, 3.05) is 6.61 Å². The van der Waals surface area contributed by atoms with E-state index < -0.39 is 0 Å². The number of benzene rings is 1. The van der Waals surface area contributed by atoms with E-state index >= 15 is 0 Å². The third-order valence-corrected chi connectivity index (χ3v) is 4.55. The number of hydrogen-bond acceptors (Lipinski definition) is 4. The van der Waals surface area contributed by atoms with E-state index in [0.717, 1.165) is 5.56 Å². The van der Waals surface area contributed by atoms with Crippen molar-refractivity contribution < 1.29 is 9.47 Å². The predicted molar refractivity (Wildman–Crippen MR) is 123 cm³/mol. The van der Waals surface area contributed by atoms with Gasteiger partial charge in [0.25, 0.3) is 0 Å². The molecule has 0 aliphatic heterocycles. The SMILES string of the molecule is CCOc1ccccc1Oc1ccc(CN=C(N)NC2CCCCC2)cn1.I. The molecule has 6 nitrogen and oxygen atoms in total. The molecule has 7 heteroatoms. The maximum absolute atomic E-state index is 6.01. The van der Waals surface area contributed by atoms with Gasteiger partial charge in [0.15, 0.2) is 17.5 Å². The lowest BCUT2D eigenvalue weighted by Gasteiger charge is -2.23. The quantitative estimate of drug-likeness (QED) is 0.332. The van der Waals surface area contributed by atoms with Crippen LogP contribution in [0, 0.1) is 0 Å². The molecule has 0 bridgehead atoms. The molecular formula is C21H29IN4O2. The van der Waals surface area contributed by atoms with Crippen LogP contribution in [0.15, 0.2) is 47.6 Å². The van der Waals surface area contributed by atoms with Crippen molar-refractivity contribution in [3.05, 3.63) is 48.2 Å². The number of halogens is 1. The van der Waals surface area contributed by atoms with Gasteiger partial charge >= 0.3 is 0 Å². The summed E-state index contributed by atoms with van der Waals surface area (Å²) in [5.74, 6) is 2.38. The summed E-state index contributed by atoms with van der Waals surface area (Å²) in [7, 11) is 0. The second kappa shape index (κ2) is 11.7. The lowest BCUT2D eigenvalue weighted by atomic mass is 9.96. The zero-order valence-electron chi connectivity index (χ0n) is 16.3. The summed E-state index contributed by atoms with van der Waals surface area (Å²) in [6.45, 7) is 3.02. The molecule has 1 aliphatic rings. The summed E-state index contributed by atoms with van der Waals surface area (Å²) in [5.41, 5.74) is 6.99. The highest BCUT2D eigenvalue weighted by Gasteiger charge is 2.13. The first-order valence-electron chi connectivity index (χ1n) is 9.65. The van der Waals surface area contributed by atoms with Gasteiger partial charge in [0.05, 0.1) is 13.2 Å². The zero-order chi connectivity index (χ0) is 18.9. The summed E-state index contributed by atoms with van der Waals surface area (Å²) in [6.07, 6.45) is 7.96. The molecule has 0 unspecified atom stereocenters. The number of rotatable bonds is 7. The van der Waals surface area contributed by atoms with Crippen LogP contribution in [0.4, 0.5) is 0 Å². The van der Waals surface area contributed by atoms with Crippen LogP contribution in [0.25, 0.3) is 0 Å². The van der Waals surface area contributed by atoms with Crippen LogP contribution in [-0.2, 0) is 6.54 Å². The van der Waals surface area contributed by atoms with Gasteiger partial charge in [0.1, 0.15) is 0 Å².